The number of carbonyl (C=O) groups is 1. The van der Waals surface area contributed by atoms with Gasteiger partial charge in [-0.1, -0.05) is 0 Å². The van der Waals surface area contributed by atoms with Crippen LogP contribution in [-0.4, -0.2) is 25.1 Å². The van der Waals surface area contributed by atoms with Gasteiger partial charge in [-0.25, -0.2) is 4.39 Å². The van der Waals surface area contributed by atoms with Crippen molar-refractivity contribution in [1.82, 2.24) is 0 Å². The number of methoxy groups -OCH3 is 2. The predicted molar refractivity (Wildman–Crippen MR) is 84.9 cm³/mol. The van der Waals surface area contributed by atoms with E-state index >= 15 is 0 Å². The van der Waals surface area contributed by atoms with Crippen LogP contribution in [-0.2, 0) is 11.2 Å². The van der Waals surface area contributed by atoms with Crippen LogP contribution in [0.15, 0.2) is 36.4 Å². The van der Waals surface area contributed by atoms with Crippen LogP contribution in [0.2, 0.25) is 0 Å². The minimum absolute atomic E-state index is 0.109. The Morgan fingerprint density at radius 3 is 2.58 bits per heavy atom. The minimum atomic E-state index is -0.758. The fraction of sp³-hybridized carbons (Fsp3) is 0.188. The number of hydrogen-bond donors (Lipinski definition) is 1. The maximum atomic E-state index is 13.7. The van der Waals surface area contributed by atoms with Crippen molar-refractivity contribution in [3.05, 3.63) is 57.9 Å². The topological polar surface area (TPSA) is 90.7 Å². The van der Waals surface area contributed by atoms with Crippen molar-refractivity contribution in [3.8, 4) is 11.5 Å². The van der Waals surface area contributed by atoms with Crippen LogP contribution >= 0.6 is 0 Å². The normalized spacial score (nSPS) is 10.1. The van der Waals surface area contributed by atoms with Gasteiger partial charge in [0.15, 0.2) is 0 Å². The van der Waals surface area contributed by atoms with E-state index in [2.05, 4.69) is 5.32 Å². The van der Waals surface area contributed by atoms with E-state index in [0.29, 0.717) is 17.1 Å². The molecule has 0 saturated heterocycles. The van der Waals surface area contributed by atoms with Gasteiger partial charge in [0, 0.05) is 17.7 Å². The Morgan fingerprint density at radius 1 is 1.21 bits per heavy atom. The van der Waals surface area contributed by atoms with E-state index in [1.807, 2.05) is 0 Å². The van der Waals surface area contributed by atoms with E-state index in [1.165, 1.54) is 14.2 Å². The monoisotopic (exact) mass is 334 g/mol. The van der Waals surface area contributed by atoms with Crippen molar-refractivity contribution in [2.45, 2.75) is 6.42 Å². The molecule has 0 aliphatic carbocycles. The second-order valence-electron chi connectivity index (χ2n) is 4.82. The Morgan fingerprint density at radius 2 is 1.96 bits per heavy atom. The van der Waals surface area contributed by atoms with Gasteiger partial charge in [-0.15, -0.1) is 0 Å². The molecule has 0 aromatic heterocycles. The summed E-state index contributed by atoms with van der Waals surface area (Å²) in [5.41, 5.74) is -0.0260. The number of halogens is 1. The maximum Gasteiger partial charge on any atom is 0.271 e. The average Bonchev–Trinajstić information content (AvgIpc) is 2.56. The molecule has 0 atom stereocenters. The summed E-state index contributed by atoms with van der Waals surface area (Å²) in [6.07, 6.45) is -0.109. The number of carbonyl (C=O) groups excluding carboxylic acids is 1. The molecule has 1 amide bonds. The number of ether oxygens (including phenoxy) is 2. The molecule has 0 bridgehead atoms. The highest BCUT2D eigenvalue weighted by Crippen LogP contribution is 2.25. The predicted octanol–water partition coefficient (Wildman–Crippen LogP) is 2.93. The van der Waals surface area contributed by atoms with Gasteiger partial charge in [-0.3, -0.25) is 14.9 Å². The highest BCUT2D eigenvalue weighted by Gasteiger charge is 2.15. The van der Waals surface area contributed by atoms with Crippen LogP contribution in [0.4, 0.5) is 15.8 Å². The lowest BCUT2D eigenvalue weighted by molar-refractivity contribution is -0.384. The van der Waals surface area contributed by atoms with E-state index in [-0.39, 0.29) is 17.8 Å². The Hall–Kier alpha value is -3.16. The van der Waals surface area contributed by atoms with Crippen molar-refractivity contribution in [3.63, 3.8) is 0 Å². The lowest BCUT2D eigenvalue weighted by atomic mass is 10.1. The summed E-state index contributed by atoms with van der Waals surface area (Å²) in [4.78, 5) is 22.2. The zero-order chi connectivity index (χ0) is 17.7. The summed E-state index contributed by atoms with van der Waals surface area (Å²) < 4.78 is 24.0. The van der Waals surface area contributed by atoms with Gasteiger partial charge in [0.05, 0.1) is 31.3 Å². The van der Waals surface area contributed by atoms with Crippen LogP contribution in [0, 0.1) is 15.9 Å². The zero-order valence-corrected chi connectivity index (χ0v) is 13.0. The molecule has 0 aliphatic heterocycles. The van der Waals surface area contributed by atoms with E-state index in [4.69, 9.17) is 9.47 Å². The Kier molecular flexibility index (Phi) is 5.31. The first-order chi connectivity index (χ1) is 11.4. The second kappa shape index (κ2) is 7.40. The van der Waals surface area contributed by atoms with Crippen molar-refractivity contribution >= 4 is 17.3 Å². The third kappa shape index (κ3) is 3.97. The number of hydrogen-bond acceptors (Lipinski definition) is 5. The maximum absolute atomic E-state index is 13.7. The molecule has 0 unspecified atom stereocenters. The van der Waals surface area contributed by atoms with Gasteiger partial charge in [-0.2, -0.15) is 0 Å². The molecule has 1 N–H and O–H groups in total. The number of nitro benzene ring substituents is 1. The summed E-state index contributed by atoms with van der Waals surface area (Å²) >= 11 is 0. The molecule has 0 fully saturated rings. The molecule has 0 aliphatic rings. The molecule has 7 nitrogen and oxygen atoms in total. The van der Waals surface area contributed by atoms with Crippen LogP contribution in [0.3, 0.4) is 0 Å². The Bertz CT molecular complexity index is 779. The summed E-state index contributed by atoms with van der Waals surface area (Å²) in [6.45, 7) is 0. The average molecular weight is 334 g/mol. The Labute approximate surface area is 137 Å². The molecule has 8 heteroatoms. The minimum Gasteiger partial charge on any atom is -0.497 e. The summed E-state index contributed by atoms with van der Waals surface area (Å²) in [6, 6.07) is 7.88. The largest absolute Gasteiger partial charge is 0.497 e. The van der Waals surface area contributed by atoms with Crippen LogP contribution in [0.25, 0.3) is 0 Å². The third-order valence-corrected chi connectivity index (χ3v) is 3.27. The molecule has 0 heterocycles. The van der Waals surface area contributed by atoms with E-state index in [0.717, 1.165) is 18.2 Å². The van der Waals surface area contributed by atoms with Crippen molar-refractivity contribution in [2.24, 2.45) is 0 Å². The number of amides is 1. The second-order valence-corrected chi connectivity index (χ2v) is 4.82. The fourth-order valence-corrected chi connectivity index (χ4v) is 2.11. The van der Waals surface area contributed by atoms with Gasteiger partial charge in [0.2, 0.25) is 5.91 Å². The van der Waals surface area contributed by atoms with Crippen LogP contribution < -0.4 is 14.8 Å². The van der Waals surface area contributed by atoms with E-state index in [1.54, 1.807) is 18.2 Å². The molecule has 126 valence electrons. The van der Waals surface area contributed by atoms with Gasteiger partial charge in [0.25, 0.3) is 5.69 Å². The summed E-state index contributed by atoms with van der Waals surface area (Å²) in [5.74, 6) is -0.280. The number of benzene rings is 2. The summed E-state index contributed by atoms with van der Waals surface area (Å²) in [5, 5.41) is 13.1. The lowest BCUT2D eigenvalue weighted by Gasteiger charge is -2.11. The highest BCUT2D eigenvalue weighted by atomic mass is 19.1. The number of nitrogens with one attached hydrogen (secondary N) is 1. The van der Waals surface area contributed by atoms with Gasteiger partial charge >= 0.3 is 0 Å². The number of non-ortho nitro benzene ring substituents is 1. The van der Waals surface area contributed by atoms with Gasteiger partial charge in [0.1, 0.15) is 17.3 Å². The highest BCUT2D eigenvalue weighted by molar-refractivity contribution is 5.93. The molecule has 2 rings (SSSR count). The van der Waals surface area contributed by atoms with Crippen LogP contribution in [0.1, 0.15) is 5.56 Å². The number of nitrogens with zero attached hydrogens (tertiary/aromatic N) is 1. The first kappa shape index (κ1) is 17.2. The number of anilines is 1. The molecular weight excluding hydrogens is 319 g/mol. The smallest absolute Gasteiger partial charge is 0.271 e. The quantitative estimate of drug-likeness (QED) is 0.648. The van der Waals surface area contributed by atoms with Crippen molar-refractivity contribution in [2.75, 3.05) is 19.5 Å². The molecule has 0 radical (unpaired) electrons. The first-order valence-corrected chi connectivity index (χ1v) is 6.89. The molecule has 24 heavy (non-hydrogen) atoms. The standard InChI is InChI=1S/C16H15FN2O5/c1-23-12-4-6-15(24-2)10(7-12)8-16(20)18-14-9-11(19(21)22)3-5-13(14)17/h3-7,9H,8H2,1-2H3,(H,18,20). The first-order valence-electron chi connectivity index (χ1n) is 6.89. The molecule has 0 spiro atoms. The molecule has 2 aromatic rings. The fourth-order valence-electron chi connectivity index (χ4n) is 2.11. The SMILES string of the molecule is COc1ccc(OC)c(CC(=O)Nc2cc([N+](=O)[O-])ccc2F)c1. The van der Waals surface area contributed by atoms with Crippen molar-refractivity contribution in [1.29, 1.82) is 0 Å². The molecule has 0 saturated carbocycles. The van der Waals surface area contributed by atoms with Gasteiger partial charge in [-0.05, 0) is 24.3 Å². The summed E-state index contributed by atoms with van der Waals surface area (Å²) in [7, 11) is 2.95. The Balaban J connectivity index is 2.20. The van der Waals surface area contributed by atoms with Gasteiger partial charge < -0.3 is 14.8 Å². The number of nitro groups is 1. The van der Waals surface area contributed by atoms with Crippen LogP contribution in [0.5, 0.6) is 11.5 Å². The lowest BCUT2D eigenvalue weighted by Crippen LogP contribution is -2.16. The van der Waals surface area contributed by atoms with E-state index in [9.17, 15) is 19.3 Å². The zero-order valence-electron chi connectivity index (χ0n) is 13.0. The molecular formula is C16H15FN2O5. The third-order valence-electron chi connectivity index (χ3n) is 3.27. The van der Waals surface area contributed by atoms with E-state index < -0.39 is 16.6 Å². The van der Waals surface area contributed by atoms with Crippen molar-refractivity contribution < 1.29 is 23.6 Å². The molecule has 2 aromatic carbocycles. The number of rotatable bonds is 6.